The lowest BCUT2D eigenvalue weighted by molar-refractivity contribution is -0.131. The summed E-state index contributed by atoms with van der Waals surface area (Å²) in [7, 11) is 3.57. The van der Waals surface area contributed by atoms with Gasteiger partial charge in [0.2, 0.25) is 5.91 Å². The van der Waals surface area contributed by atoms with Crippen LogP contribution in [-0.4, -0.2) is 42.7 Å². The van der Waals surface area contributed by atoms with Gasteiger partial charge in [0.1, 0.15) is 0 Å². The van der Waals surface area contributed by atoms with Crippen LogP contribution in [0.1, 0.15) is 12.8 Å². The average Bonchev–Trinajstić information content (AvgIpc) is 2.03. The van der Waals surface area contributed by atoms with Crippen molar-refractivity contribution in [1.29, 1.82) is 0 Å². The molecule has 0 radical (unpaired) electrons. The second kappa shape index (κ2) is 4.14. The zero-order chi connectivity index (χ0) is 9.14. The Bertz CT molecular complexity index is 172. The minimum Gasteiger partial charge on any atom is -0.347 e. The van der Waals surface area contributed by atoms with Crippen molar-refractivity contribution in [2.45, 2.75) is 24.1 Å². The van der Waals surface area contributed by atoms with Crippen LogP contribution in [-0.2, 0) is 4.79 Å². The highest BCUT2D eigenvalue weighted by Crippen LogP contribution is 2.14. The Morgan fingerprint density at radius 2 is 2.25 bits per heavy atom. The lowest BCUT2D eigenvalue weighted by atomic mass is 10.0. The van der Waals surface area contributed by atoms with Crippen molar-refractivity contribution in [1.82, 2.24) is 10.2 Å². The number of carbonyl (C=O) groups excluding carboxylic acids is 1. The normalized spacial score (nSPS) is 29.9. The van der Waals surface area contributed by atoms with Gasteiger partial charge in [-0.1, -0.05) is 0 Å². The smallest absolute Gasteiger partial charge is 0.239 e. The molecule has 0 aromatic heterocycles. The van der Waals surface area contributed by atoms with Crippen LogP contribution in [0.15, 0.2) is 0 Å². The first kappa shape index (κ1) is 9.86. The fraction of sp³-hybridized carbons (Fsp3) is 0.875. The van der Waals surface area contributed by atoms with Gasteiger partial charge in [0, 0.05) is 19.3 Å². The molecule has 0 spiro atoms. The topological polar surface area (TPSA) is 32.3 Å². The quantitative estimate of drug-likeness (QED) is 0.573. The van der Waals surface area contributed by atoms with Crippen molar-refractivity contribution in [2.24, 2.45) is 0 Å². The summed E-state index contributed by atoms with van der Waals surface area (Å²) in [5, 5.41) is 3.57. The third-order valence-corrected chi connectivity index (χ3v) is 2.58. The van der Waals surface area contributed by atoms with E-state index in [1.54, 1.807) is 19.0 Å². The van der Waals surface area contributed by atoms with Crippen LogP contribution in [0.3, 0.4) is 0 Å². The molecule has 0 aromatic carbocycles. The first-order valence-electron chi connectivity index (χ1n) is 4.24. The summed E-state index contributed by atoms with van der Waals surface area (Å²) in [5.74, 6) is 0.161. The Hall–Kier alpha value is -0.220. The molecule has 1 fully saturated rings. The van der Waals surface area contributed by atoms with Crippen LogP contribution < -0.4 is 5.32 Å². The largest absolute Gasteiger partial charge is 0.347 e. The number of carbonyl (C=O) groups is 1. The van der Waals surface area contributed by atoms with E-state index < -0.39 is 0 Å². The molecular weight excluding hydrogens is 172 g/mol. The summed E-state index contributed by atoms with van der Waals surface area (Å²) in [6.07, 6.45) is 1.90. The molecule has 1 heterocycles. The Morgan fingerprint density at radius 3 is 2.75 bits per heavy atom. The number of nitrogens with one attached hydrogen (secondary N) is 1. The van der Waals surface area contributed by atoms with Gasteiger partial charge in [0.15, 0.2) is 0 Å². The van der Waals surface area contributed by atoms with Crippen molar-refractivity contribution in [3.8, 4) is 0 Å². The molecule has 0 saturated carbocycles. The van der Waals surface area contributed by atoms with Crippen LogP contribution in [0.5, 0.6) is 0 Å². The molecule has 1 N–H and O–H groups in total. The monoisotopic (exact) mass is 188 g/mol. The molecule has 1 aliphatic heterocycles. The van der Waals surface area contributed by atoms with E-state index in [1.165, 1.54) is 0 Å². The van der Waals surface area contributed by atoms with Gasteiger partial charge in [0.05, 0.1) is 6.04 Å². The summed E-state index contributed by atoms with van der Waals surface area (Å²) in [4.78, 5) is 13.1. The van der Waals surface area contributed by atoms with Crippen LogP contribution >= 0.6 is 12.6 Å². The SMILES string of the molecule is CN(C)C(=O)[C@@H]1C[C@@H](S)CCN1. The summed E-state index contributed by atoms with van der Waals surface area (Å²) in [5.41, 5.74) is 0. The van der Waals surface area contributed by atoms with Crippen molar-refractivity contribution < 1.29 is 4.79 Å². The third kappa shape index (κ3) is 2.38. The second-order valence-corrected chi connectivity index (χ2v) is 4.15. The number of hydrogen-bond donors (Lipinski definition) is 2. The summed E-state index contributed by atoms with van der Waals surface area (Å²) in [6.45, 7) is 0.901. The maximum Gasteiger partial charge on any atom is 0.239 e. The first-order chi connectivity index (χ1) is 5.61. The van der Waals surface area contributed by atoms with E-state index in [9.17, 15) is 4.79 Å². The van der Waals surface area contributed by atoms with Crippen molar-refractivity contribution in [2.75, 3.05) is 20.6 Å². The highest BCUT2D eigenvalue weighted by Gasteiger charge is 2.25. The standard InChI is InChI=1S/C8H16N2OS/c1-10(2)8(11)7-5-6(12)3-4-9-7/h6-7,9,12H,3-5H2,1-2H3/t6-,7-/m0/s1. The van der Waals surface area contributed by atoms with Crippen molar-refractivity contribution >= 4 is 18.5 Å². The second-order valence-electron chi connectivity index (χ2n) is 3.42. The van der Waals surface area contributed by atoms with E-state index in [0.717, 1.165) is 19.4 Å². The number of rotatable bonds is 1. The van der Waals surface area contributed by atoms with E-state index in [4.69, 9.17) is 0 Å². The molecule has 1 rings (SSSR count). The first-order valence-corrected chi connectivity index (χ1v) is 4.75. The lowest BCUT2D eigenvalue weighted by Crippen LogP contribution is -2.48. The van der Waals surface area contributed by atoms with Crippen molar-refractivity contribution in [3.05, 3.63) is 0 Å². The van der Waals surface area contributed by atoms with Gasteiger partial charge in [0.25, 0.3) is 0 Å². The Labute approximate surface area is 78.9 Å². The van der Waals surface area contributed by atoms with Gasteiger partial charge >= 0.3 is 0 Å². The molecule has 2 atom stereocenters. The van der Waals surface area contributed by atoms with E-state index in [2.05, 4.69) is 17.9 Å². The number of piperidine rings is 1. The highest BCUT2D eigenvalue weighted by atomic mass is 32.1. The predicted octanol–water partition coefficient (Wildman–Crippen LogP) is 0.125. The van der Waals surface area contributed by atoms with Gasteiger partial charge in [-0.3, -0.25) is 4.79 Å². The van der Waals surface area contributed by atoms with E-state index in [1.807, 2.05) is 0 Å². The van der Waals surface area contributed by atoms with Gasteiger partial charge in [-0.2, -0.15) is 12.6 Å². The molecule has 1 amide bonds. The predicted molar refractivity (Wildman–Crippen MR) is 52.5 cm³/mol. The number of likely N-dealkylation sites (N-methyl/N-ethyl adjacent to an activating group) is 1. The van der Waals surface area contributed by atoms with Gasteiger partial charge in [-0.15, -0.1) is 0 Å². The summed E-state index contributed by atoms with van der Waals surface area (Å²) >= 11 is 4.37. The Balaban J connectivity index is 2.46. The summed E-state index contributed by atoms with van der Waals surface area (Å²) < 4.78 is 0. The minimum atomic E-state index is -0.0174. The average molecular weight is 188 g/mol. The molecule has 12 heavy (non-hydrogen) atoms. The van der Waals surface area contributed by atoms with E-state index >= 15 is 0 Å². The molecule has 0 unspecified atom stereocenters. The molecule has 3 nitrogen and oxygen atoms in total. The molecular formula is C8H16N2OS. The van der Waals surface area contributed by atoms with Gasteiger partial charge in [-0.25, -0.2) is 0 Å². The highest BCUT2D eigenvalue weighted by molar-refractivity contribution is 7.80. The van der Waals surface area contributed by atoms with Crippen molar-refractivity contribution in [3.63, 3.8) is 0 Å². The maximum absolute atomic E-state index is 11.5. The fourth-order valence-corrected chi connectivity index (χ4v) is 1.74. The molecule has 1 saturated heterocycles. The fourth-order valence-electron chi connectivity index (χ4n) is 1.40. The zero-order valence-corrected chi connectivity index (χ0v) is 8.47. The van der Waals surface area contributed by atoms with Crippen LogP contribution in [0.4, 0.5) is 0 Å². The van der Waals surface area contributed by atoms with Gasteiger partial charge in [-0.05, 0) is 19.4 Å². The van der Waals surface area contributed by atoms with Gasteiger partial charge < -0.3 is 10.2 Å². The number of thiol groups is 1. The zero-order valence-electron chi connectivity index (χ0n) is 7.58. The molecule has 0 bridgehead atoms. The molecule has 4 heteroatoms. The molecule has 70 valence electrons. The van der Waals surface area contributed by atoms with Crippen LogP contribution in [0.25, 0.3) is 0 Å². The number of amides is 1. The van der Waals surface area contributed by atoms with E-state index in [-0.39, 0.29) is 11.9 Å². The van der Waals surface area contributed by atoms with Crippen LogP contribution in [0.2, 0.25) is 0 Å². The number of hydrogen-bond acceptors (Lipinski definition) is 3. The number of nitrogens with zero attached hydrogens (tertiary/aromatic N) is 1. The maximum atomic E-state index is 11.5. The van der Waals surface area contributed by atoms with Crippen LogP contribution in [0, 0.1) is 0 Å². The summed E-state index contributed by atoms with van der Waals surface area (Å²) in [6, 6.07) is -0.0174. The third-order valence-electron chi connectivity index (χ3n) is 2.11. The lowest BCUT2D eigenvalue weighted by Gasteiger charge is -2.28. The Morgan fingerprint density at radius 1 is 1.58 bits per heavy atom. The minimum absolute atomic E-state index is 0.0174. The Kier molecular flexibility index (Phi) is 3.40. The van der Waals surface area contributed by atoms with E-state index in [0.29, 0.717) is 5.25 Å². The molecule has 0 aliphatic carbocycles. The molecule has 1 aliphatic rings. The molecule has 0 aromatic rings.